The molecule has 1 aliphatic heterocycles. The lowest BCUT2D eigenvalue weighted by Gasteiger charge is -2.24. The van der Waals surface area contributed by atoms with Gasteiger partial charge in [0.25, 0.3) is 0 Å². The minimum atomic E-state index is -0.225. The van der Waals surface area contributed by atoms with Gasteiger partial charge in [-0.3, -0.25) is 0 Å². The van der Waals surface area contributed by atoms with Crippen molar-refractivity contribution in [1.82, 2.24) is 14.5 Å². The monoisotopic (exact) mass is 233 g/mol. The van der Waals surface area contributed by atoms with Crippen molar-refractivity contribution in [3.05, 3.63) is 18.2 Å². The zero-order valence-corrected chi connectivity index (χ0v) is 9.71. The van der Waals surface area contributed by atoms with Gasteiger partial charge in [-0.1, -0.05) is 0 Å². The van der Waals surface area contributed by atoms with Crippen LogP contribution in [0.3, 0.4) is 0 Å². The average molecular weight is 233 g/mol. The number of urea groups is 1. The lowest BCUT2D eigenvalue weighted by atomic mass is 10.2. The minimum absolute atomic E-state index is 0.209. The normalized spacial score (nSPS) is 24.3. The van der Waals surface area contributed by atoms with Crippen LogP contribution in [0.1, 0.15) is 31.5 Å². The number of amides is 2. The van der Waals surface area contributed by atoms with Crippen molar-refractivity contribution in [3.63, 3.8) is 0 Å². The van der Waals surface area contributed by atoms with E-state index in [4.69, 9.17) is 5.73 Å². The summed E-state index contributed by atoms with van der Waals surface area (Å²) in [4.78, 5) is 21.6. The van der Waals surface area contributed by atoms with Crippen molar-refractivity contribution >= 4 is 11.9 Å². The van der Waals surface area contributed by atoms with Gasteiger partial charge in [-0.05, 0) is 19.8 Å². The lowest BCUT2D eigenvalue weighted by molar-refractivity contribution is 0.202. The minimum Gasteiger partial charge on any atom is -0.385 e. The highest BCUT2D eigenvalue weighted by atomic mass is 16.2. The van der Waals surface area contributed by atoms with Crippen LogP contribution in [-0.2, 0) is 6.54 Å². The van der Waals surface area contributed by atoms with Crippen LogP contribution in [0, 0.1) is 0 Å². The zero-order valence-electron chi connectivity index (χ0n) is 9.71. The molecule has 6 nitrogen and oxygen atoms in total. The Kier molecular flexibility index (Phi) is 2.17. The molecule has 0 bridgehead atoms. The van der Waals surface area contributed by atoms with E-state index in [2.05, 4.69) is 9.98 Å². The molecule has 1 aromatic rings. The summed E-state index contributed by atoms with van der Waals surface area (Å²) in [7, 11) is 0. The van der Waals surface area contributed by atoms with E-state index < -0.39 is 0 Å². The number of amidine groups is 1. The van der Waals surface area contributed by atoms with E-state index in [1.54, 1.807) is 17.4 Å². The summed E-state index contributed by atoms with van der Waals surface area (Å²) in [5, 5.41) is 0. The Labute approximate surface area is 99.1 Å². The second kappa shape index (κ2) is 3.58. The van der Waals surface area contributed by atoms with E-state index >= 15 is 0 Å². The molecule has 2 heterocycles. The maximum absolute atomic E-state index is 11.8. The third-order valence-electron chi connectivity index (χ3n) is 3.31. The van der Waals surface area contributed by atoms with Gasteiger partial charge in [0.1, 0.15) is 11.9 Å². The number of nitrogens with zero attached hydrogens (tertiary/aromatic N) is 4. The molecule has 90 valence electrons. The van der Waals surface area contributed by atoms with Gasteiger partial charge in [-0.15, -0.1) is 0 Å². The molecular formula is C11H15N5O. The number of rotatable bonds is 3. The number of hydrogen-bond acceptors (Lipinski definition) is 3. The molecule has 2 N–H and O–H groups in total. The van der Waals surface area contributed by atoms with E-state index in [1.807, 2.05) is 11.5 Å². The van der Waals surface area contributed by atoms with Crippen LogP contribution in [0.5, 0.6) is 0 Å². The van der Waals surface area contributed by atoms with E-state index in [9.17, 15) is 4.79 Å². The standard InChI is InChI=1S/C11H15N5O/c1-2-15-6-13-5-8(15)9-10(12)14-11(17)16(9)7-3-4-7/h5-7,9H,2-4H2,1H3,(H2,12,14,17). The molecule has 6 heteroatoms. The van der Waals surface area contributed by atoms with Crippen LogP contribution >= 0.6 is 0 Å². The predicted molar refractivity (Wildman–Crippen MR) is 62.5 cm³/mol. The fraction of sp³-hybridized carbons (Fsp3) is 0.545. The fourth-order valence-electron chi connectivity index (χ4n) is 2.32. The number of imidazole rings is 1. The molecule has 0 radical (unpaired) electrons. The van der Waals surface area contributed by atoms with E-state index in [1.165, 1.54) is 0 Å². The molecule has 17 heavy (non-hydrogen) atoms. The summed E-state index contributed by atoms with van der Waals surface area (Å²) in [5.41, 5.74) is 6.84. The van der Waals surface area contributed by atoms with Crippen LogP contribution < -0.4 is 5.73 Å². The molecule has 0 spiro atoms. The van der Waals surface area contributed by atoms with Crippen molar-refractivity contribution in [2.75, 3.05) is 0 Å². The van der Waals surface area contributed by atoms with Crippen molar-refractivity contribution in [2.24, 2.45) is 10.7 Å². The first-order chi connectivity index (χ1) is 8.22. The molecule has 1 atom stereocenters. The van der Waals surface area contributed by atoms with E-state index in [0.717, 1.165) is 25.1 Å². The van der Waals surface area contributed by atoms with Gasteiger partial charge < -0.3 is 15.2 Å². The van der Waals surface area contributed by atoms with Gasteiger partial charge in [-0.25, -0.2) is 9.78 Å². The first-order valence-electron chi connectivity index (χ1n) is 5.88. The SMILES string of the molecule is CCn1cncc1C1C(N)=NC(=O)N1C1CC1. The first-order valence-corrected chi connectivity index (χ1v) is 5.88. The van der Waals surface area contributed by atoms with Crippen molar-refractivity contribution in [3.8, 4) is 0 Å². The van der Waals surface area contributed by atoms with Crippen LogP contribution in [0.4, 0.5) is 4.79 Å². The summed E-state index contributed by atoms with van der Waals surface area (Å²) in [5.74, 6) is 0.386. The highest BCUT2D eigenvalue weighted by Crippen LogP contribution is 2.37. The molecule has 0 aromatic carbocycles. The Morgan fingerprint density at radius 2 is 2.29 bits per heavy atom. The Balaban J connectivity index is 2.00. The van der Waals surface area contributed by atoms with Gasteiger partial charge in [0.15, 0.2) is 0 Å². The number of carbonyl (C=O) groups is 1. The third-order valence-corrected chi connectivity index (χ3v) is 3.31. The molecule has 1 aromatic heterocycles. The third kappa shape index (κ3) is 1.51. The Morgan fingerprint density at radius 3 is 2.94 bits per heavy atom. The summed E-state index contributed by atoms with van der Waals surface area (Å²) in [6, 6.07) is -0.131. The second-order valence-electron chi connectivity index (χ2n) is 4.46. The first kappa shape index (κ1) is 10.3. The number of aryl methyl sites for hydroxylation is 1. The van der Waals surface area contributed by atoms with Crippen LogP contribution in [0.15, 0.2) is 17.5 Å². The molecular weight excluding hydrogens is 218 g/mol. The highest BCUT2D eigenvalue weighted by molar-refractivity contribution is 6.03. The Hall–Kier alpha value is -1.85. The fourth-order valence-corrected chi connectivity index (χ4v) is 2.32. The summed E-state index contributed by atoms with van der Waals surface area (Å²) in [6.07, 6.45) is 5.62. The highest BCUT2D eigenvalue weighted by Gasteiger charge is 2.44. The Bertz CT molecular complexity index is 488. The molecule has 3 rings (SSSR count). The Morgan fingerprint density at radius 1 is 1.53 bits per heavy atom. The summed E-state index contributed by atoms with van der Waals surface area (Å²) >= 11 is 0. The second-order valence-corrected chi connectivity index (χ2v) is 4.46. The van der Waals surface area contributed by atoms with Crippen LogP contribution in [0.2, 0.25) is 0 Å². The molecule has 2 aliphatic rings. The average Bonchev–Trinajstić information content (AvgIpc) is 2.94. The van der Waals surface area contributed by atoms with Crippen LogP contribution in [0.25, 0.3) is 0 Å². The van der Waals surface area contributed by atoms with E-state index in [-0.39, 0.29) is 12.1 Å². The summed E-state index contributed by atoms with van der Waals surface area (Å²) < 4.78 is 2.00. The number of nitrogens with two attached hydrogens (primary N) is 1. The zero-order chi connectivity index (χ0) is 12.0. The maximum Gasteiger partial charge on any atom is 0.346 e. The molecule has 1 unspecified atom stereocenters. The topological polar surface area (TPSA) is 76.5 Å². The molecule has 2 amide bonds. The predicted octanol–water partition coefficient (Wildman–Crippen LogP) is 0.899. The van der Waals surface area contributed by atoms with Gasteiger partial charge in [0, 0.05) is 12.6 Å². The van der Waals surface area contributed by atoms with Gasteiger partial charge in [-0.2, -0.15) is 4.99 Å². The number of carbonyl (C=O) groups excluding carboxylic acids is 1. The quantitative estimate of drug-likeness (QED) is 0.842. The summed E-state index contributed by atoms with van der Waals surface area (Å²) in [6.45, 7) is 2.85. The molecule has 1 fully saturated rings. The van der Waals surface area contributed by atoms with Gasteiger partial charge >= 0.3 is 6.03 Å². The largest absolute Gasteiger partial charge is 0.385 e. The van der Waals surface area contributed by atoms with Crippen molar-refractivity contribution < 1.29 is 4.79 Å². The number of aliphatic imine (C=N–C) groups is 1. The van der Waals surface area contributed by atoms with Crippen molar-refractivity contribution in [2.45, 2.75) is 38.4 Å². The molecule has 0 saturated heterocycles. The number of aromatic nitrogens is 2. The van der Waals surface area contributed by atoms with Crippen LogP contribution in [-0.4, -0.2) is 32.4 Å². The molecule has 1 aliphatic carbocycles. The lowest BCUT2D eigenvalue weighted by Crippen LogP contribution is -2.36. The van der Waals surface area contributed by atoms with Crippen molar-refractivity contribution in [1.29, 1.82) is 0 Å². The van der Waals surface area contributed by atoms with Gasteiger partial charge in [0.2, 0.25) is 0 Å². The smallest absolute Gasteiger partial charge is 0.346 e. The maximum atomic E-state index is 11.8. The number of hydrogen-bond donors (Lipinski definition) is 1. The van der Waals surface area contributed by atoms with E-state index in [0.29, 0.717) is 11.9 Å². The molecule has 1 saturated carbocycles. The van der Waals surface area contributed by atoms with Gasteiger partial charge in [0.05, 0.1) is 18.2 Å².